The molecule has 4 aliphatic carbocycles. The predicted molar refractivity (Wildman–Crippen MR) is 231 cm³/mol. The van der Waals surface area contributed by atoms with Crippen LogP contribution >= 0.6 is 17.0 Å². The number of allylic oxidation sites excluding steroid dienone is 1. The Morgan fingerprint density at radius 2 is 1.21 bits per heavy atom. The monoisotopic (exact) mass is 828 g/mol. The molecule has 2 aromatic heterocycles. The van der Waals surface area contributed by atoms with Gasteiger partial charge in [0.25, 0.3) is 0 Å². The van der Waals surface area contributed by atoms with Crippen LogP contribution in [-0.2, 0) is 27.3 Å². The Morgan fingerprint density at radius 1 is 0.642 bits per heavy atom. The Labute approximate surface area is 341 Å². The van der Waals surface area contributed by atoms with Crippen LogP contribution in [0.2, 0.25) is 0 Å². The van der Waals surface area contributed by atoms with E-state index < -0.39 is 20.8 Å². The molecule has 3 fully saturated rings. The van der Waals surface area contributed by atoms with E-state index in [0.29, 0.717) is 0 Å². The van der Waals surface area contributed by atoms with Crippen LogP contribution in [-0.4, -0.2) is 9.13 Å². The summed E-state index contributed by atoms with van der Waals surface area (Å²) in [4.78, 5) is 0. The number of benzene rings is 3. The summed E-state index contributed by atoms with van der Waals surface area (Å²) < 4.78 is 4.89. The molecule has 4 atom stereocenters. The van der Waals surface area contributed by atoms with Crippen molar-refractivity contribution in [2.24, 2.45) is 47.3 Å². The first-order chi connectivity index (χ1) is 24.6. The average molecular weight is 831 g/mol. The molecule has 0 amide bonds. The van der Waals surface area contributed by atoms with Gasteiger partial charge in [-0.3, -0.25) is 0 Å². The first-order valence-corrected chi connectivity index (χ1v) is 25.8. The summed E-state index contributed by atoms with van der Waals surface area (Å²) in [6, 6.07) is 29.2. The third-order valence-electron chi connectivity index (χ3n) is 13.6. The summed E-state index contributed by atoms with van der Waals surface area (Å²) in [7, 11) is 9.87. The van der Waals surface area contributed by atoms with Gasteiger partial charge in [0.1, 0.15) is 0 Å². The van der Waals surface area contributed by atoms with Gasteiger partial charge in [-0.1, -0.05) is 115 Å². The van der Waals surface area contributed by atoms with Crippen LogP contribution in [0.15, 0.2) is 96.8 Å². The zero-order valence-electron chi connectivity index (χ0n) is 33.8. The van der Waals surface area contributed by atoms with Crippen molar-refractivity contribution in [3.8, 4) is 5.69 Å². The maximum atomic E-state index is 4.93. The van der Waals surface area contributed by atoms with Gasteiger partial charge in [-0.2, -0.15) is 0 Å². The molecule has 5 aromatic rings. The minimum atomic E-state index is -0.826. The third kappa shape index (κ3) is 9.50. The number of hydrogen-bond acceptors (Lipinski definition) is 0. The molecule has 3 saturated carbocycles. The Hall–Kier alpha value is -2.06. The van der Waals surface area contributed by atoms with Gasteiger partial charge in [0.15, 0.2) is 0 Å². The summed E-state index contributed by atoms with van der Waals surface area (Å²) >= 11 is -0.826. The van der Waals surface area contributed by atoms with Gasteiger partial charge >= 0.3 is 37.9 Å². The third-order valence-corrected chi connectivity index (χ3v) is 13.6. The predicted octanol–water partition coefficient (Wildman–Crippen LogP) is 15.1. The molecule has 53 heavy (non-hydrogen) atoms. The molecule has 2 nitrogen and oxygen atoms in total. The van der Waals surface area contributed by atoms with Gasteiger partial charge in [0.05, 0.1) is 5.52 Å². The molecule has 5 heteroatoms. The van der Waals surface area contributed by atoms with Crippen molar-refractivity contribution < 1.29 is 20.8 Å². The van der Waals surface area contributed by atoms with Crippen molar-refractivity contribution in [2.75, 3.05) is 0 Å². The number of halogens is 2. The Bertz CT molecular complexity index is 1880. The zero-order valence-corrected chi connectivity index (χ0v) is 37.8. The van der Waals surface area contributed by atoms with Crippen molar-refractivity contribution in [3.05, 3.63) is 123 Å². The van der Waals surface area contributed by atoms with Crippen LogP contribution in [0, 0.1) is 62.2 Å². The summed E-state index contributed by atoms with van der Waals surface area (Å²) in [6.45, 7) is 16.6. The van der Waals surface area contributed by atoms with E-state index in [4.69, 9.17) is 17.0 Å². The molecular weight excluding hydrogens is 767 g/mol. The fourth-order valence-electron chi connectivity index (χ4n) is 10.2. The van der Waals surface area contributed by atoms with Crippen LogP contribution in [0.1, 0.15) is 97.7 Å². The van der Waals surface area contributed by atoms with Crippen LogP contribution in [0.5, 0.6) is 0 Å². The second-order valence-electron chi connectivity index (χ2n) is 16.4. The molecule has 4 aliphatic rings. The van der Waals surface area contributed by atoms with Crippen molar-refractivity contribution in [2.45, 2.75) is 93.0 Å². The molecule has 9 rings (SSSR count). The maximum absolute atomic E-state index is 4.93. The molecule has 0 bridgehead atoms. The van der Waals surface area contributed by atoms with Gasteiger partial charge in [0.2, 0.25) is 0 Å². The van der Waals surface area contributed by atoms with E-state index in [-0.39, 0.29) is 14.9 Å². The fraction of sp³-hybridized carbons (Fsp3) is 0.458. The van der Waals surface area contributed by atoms with E-state index in [1.54, 1.807) is 0 Å². The van der Waals surface area contributed by atoms with Crippen molar-refractivity contribution in [3.63, 3.8) is 0 Å². The first-order valence-electron chi connectivity index (χ1n) is 19.5. The van der Waals surface area contributed by atoms with Gasteiger partial charge in [-0.05, 0) is 132 Å². The molecule has 0 N–H and O–H groups in total. The quantitative estimate of drug-likeness (QED) is 0.157. The molecule has 284 valence electrons. The number of aromatic nitrogens is 2. The second-order valence-corrected chi connectivity index (χ2v) is 20.1. The van der Waals surface area contributed by atoms with Gasteiger partial charge in [-0.15, -0.1) is 0 Å². The molecule has 3 aromatic carbocycles. The van der Waals surface area contributed by atoms with Crippen LogP contribution < -0.4 is 0 Å². The van der Waals surface area contributed by atoms with Crippen LogP contribution in [0.4, 0.5) is 0 Å². The summed E-state index contributed by atoms with van der Waals surface area (Å²) in [6.07, 6.45) is 15.1. The molecule has 0 radical (unpaired) electrons. The summed E-state index contributed by atoms with van der Waals surface area (Å²) in [5.41, 5.74) is 8.29. The number of hydrogen-bond donors (Lipinski definition) is 0. The van der Waals surface area contributed by atoms with E-state index in [1.807, 2.05) is 0 Å². The van der Waals surface area contributed by atoms with E-state index >= 15 is 0 Å². The fourth-order valence-corrected chi connectivity index (χ4v) is 10.2. The SMILES string of the molecule is CC1=Cc2cccc(-n3ccc4ccccc43)c2C1.CC1C(C)C(C)C(C)C1C.CC1CC2CCCC(n3ccc4ccccc43)C2C1.[CH3-].[CH3-].[Cl][Zr+2][Cl]. The minimum absolute atomic E-state index is 0. The summed E-state index contributed by atoms with van der Waals surface area (Å²) in [5.74, 6) is 7.54. The van der Waals surface area contributed by atoms with Crippen molar-refractivity contribution >= 4 is 44.9 Å². The standard InChI is InChI=1S/C18H23N.C18H15N.C10H20.2CH3.2ClH.Zr/c2*1-13-11-15-6-4-8-18(16(15)12-13)19-10-9-14-5-2-3-7-17(14)19;1-6-7(2)9(4)10(5)8(6)3;;;;;/h2-3,5,7,9-10,13,15-16,18H,4,6,8,11-12H2,1H3;2-11H,12H2,1H3;6-10H,1-5H3;2*1H3;2*1H;/q;;;2*-1;;;+4/p-2. The molecule has 4 unspecified atom stereocenters. The Morgan fingerprint density at radius 3 is 1.85 bits per heavy atom. The number of nitrogens with zero attached hydrogens (tertiary/aromatic N) is 2. The first kappa shape index (κ1) is 43.7. The molecule has 0 aliphatic heterocycles. The molecule has 0 saturated heterocycles. The van der Waals surface area contributed by atoms with Gasteiger partial charge < -0.3 is 24.0 Å². The molecule has 0 spiro atoms. The van der Waals surface area contributed by atoms with E-state index in [9.17, 15) is 0 Å². The topological polar surface area (TPSA) is 9.86 Å². The number of para-hydroxylation sites is 2. The average Bonchev–Trinajstić information content (AvgIpc) is 3.96. The molecular formula is C48H64Cl2N2Zr. The second kappa shape index (κ2) is 19.7. The van der Waals surface area contributed by atoms with Gasteiger partial charge in [0, 0.05) is 29.6 Å². The zero-order chi connectivity index (χ0) is 36.2. The van der Waals surface area contributed by atoms with Crippen molar-refractivity contribution in [1.82, 2.24) is 9.13 Å². The van der Waals surface area contributed by atoms with E-state index in [0.717, 1.165) is 59.8 Å². The normalized spacial score (nSPS) is 27.9. The van der Waals surface area contributed by atoms with Crippen LogP contribution in [0.3, 0.4) is 0 Å². The van der Waals surface area contributed by atoms with Gasteiger partial charge in [-0.25, -0.2) is 0 Å². The van der Waals surface area contributed by atoms with Crippen LogP contribution in [0.25, 0.3) is 33.6 Å². The Balaban J connectivity index is 0.000000175. The number of fused-ring (bicyclic) bond motifs is 4. The van der Waals surface area contributed by atoms with E-state index in [1.165, 1.54) is 76.3 Å². The summed E-state index contributed by atoms with van der Waals surface area (Å²) in [5, 5.41) is 2.69. The number of rotatable bonds is 2. The van der Waals surface area contributed by atoms with Crippen molar-refractivity contribution in [1.29, 1.82) is 0 Å². The van der Waals surface area contributed by atoms with E-state index in [2.05, 4.69) is 155 Å². The Kier molecular flexibility index (Phi) is 16.2. The molecule has 2 heterocycles.